The van der Waals surface area contributed by atoms with Crippen molar-refractivity contribution >= 4 is 89.1 Å². The Kier molecular flexibility index (Phi) is 10.2. The maximum atomic E-state index is 6.60. The van der Waals surface area contributed by atoms with E-state index in [1.807, 2.05) is 6.07 Å². The van der Waals surface area contributed by atoms with E-state index in [2.05, 4.69) is 290 Å². The number of ether oxygens (including phenoxy) is 2. The van der Waals surface area contributed by atoms with Gasteiger partial charge in [0, 0.05) is 84.2 Å². The van der Waals surface area contributed by atoms with Crippen LogP contribution in [-0.2, 0) is 0 Å². The summed E-state index contributed by atoms with van der Waals surface area (Å²) in [5.41, 5.74) is 17.3. The molecule has 2 aliphatic rings. The topological polar surface area (TPSA) is 58.9 Å². The SMILES string of the molecule is c1ccc(N(c2ccccc2)c2ccc3c(c2)c2ccccc2n3-c2ccc(C3Nc4cc5c(cc4O3)OC(c3ccc(-n4c6ccccc6c6cc(N(c7ccccc7)c7ccccc7)ccc64)cc3)N5)cc2)cc1. The molecule has 2 aromatic heterocycles. The average Bonchev–Trinajstić information content (AvgIpc) is 4.32. The summed E-state index contributed by atoms with van der Waals surface area (Å²) in [7, 11) is 0. The van der Waals surface area contributed by atoms with E-state index in [-0.39, 0.29) is 12.5 Å². The Balaban J connectivity index is 0.669. The minimum absolute atomic E-state index is 0.350. The largest absolute Gasteiger partial charge is 0.464 e. The van der Waals surface area contributed by atoms with E-state index in [0.717, 1.165) is 102 Å². The van der Waals surface area contributed by atoms with Crippen LogP contribution in [-0.4, -0.2) is 9.13 Å². The number of hydrogen-bond donors (Lipinski definition) is 2. The Morgan fingerprint density at radius 3 is 1.01 bits per heavy atom. The van der Waals surface area contributed by atoms with Crippen molar-refractivity contribution in [3.63, 3.8) is 0 Å². The average molecular weight is 981 g/mol. The number of hydrogen-bond acceptors (Lipinski definition) is 6. The minimum Gasteiger partial charge on any atom is -0.464 e. The molecule has 76 heavy (non-hydrogen) atoms. The molecule has 11 aromatic carbocycles. The van der Waals surface area contributed by atoms with Crippen molar-refractivity contribution in [2.75, 3.05) is 20.4 Å². The Hall–Kier alpha value is -10.2. The van der Waals surface area contributed by atoms with Gasteiger partial charge in [0.05, 0.1) is 33.4 Å². The minimum atomic E-state index is -0.350. The van der Waals surface area contributed by atoms with E-state index in [1.54, 1.807) is 0 Å². The zero-order valence-electron chi connectivity index (χ0n) is 41.2. The smallest absolute Gasteiger partial charge is 0.196 e. The number of nitrogens with one attached hydrogen (secondary N) is 2. The van der Waals surface area contributed by atoms with Gasteiger partial charge < -0.3 is 39.0 Å². The number of para-hydroxylation sites is 6. The quantitative estimate of drug-likeness (QED) is 0.142. The molecule has 0 amide bonds. The molecule has 8 nitrogen and oxygen atoms in total. The second-order valence-corrected chi connectivity index (χ2v) is 19.4. The first-order valence-electron chi connectivity index (χ1n) is 25.8. The lowest BCUT2D eigenvalue weighted by Gasteiger charge is -2.25. The lowest BCUT2D eigenvalue weighted by molar-refractivity contribution is 0.248. The molecule has 15 rings (SSSR count). The van der Waals surface area contributed by atoms with Crippen molar-refractivity contribution < 1.29 is 9.47 Å². The molecule has 0 saturated heterocycles. The van der Waals surface area contributed by atoms with Crippen molar-refractivity contribution in [3.05, 3.63) is 278 Å². The fourth-order valence-electron chi connectivity index (χ4n) is 11.4. The first-order valence-corrected chi connectivity index (χ1v) is 25.8. The molecule has 2 aliphatic heterocycles. The van der Waals surface area contributed by atoms with Gasteiger partial charge in [0.2, 0.25) is 0 Å². The van der Waals surface area contributed by atoms with Crippen molar-refractivity contribution in [2.45, 2.75) is 12.5 Å². The second-order valence-electron chi connectivity index (χ2n) is 19.4. The first-order chi connectivity index (χ1) is 37.7. The normalized spacial score (nSPS) is 14.5. The maximum absolute atomic E-state index is 6.60. The number of benzene rings is 11. The second kappa shape index (κ2) is 17.8. The third-order valence-corrected chi connectivity index (χ3v) is 14.9. The van der Waals surface area contributed by atoms with Crippen molar-refractivity contribution in [1.29, 1.82) is 0 Å². The number of aromatic nitrogens is 2. The number of rotatable bonds is 10. The molecule has 2 N–H and O–H groups in total. The highest BCUT2D eigenvalue weighted by molar-refractivity contribution is 6.12. The third-order valence-electron chi connectivity index (χ3n) is 14.9. The van der Waals surface area contributed by atoms with Crippen LogP contribution < -0.4 is 29.9 Å². The predicted octanol–water partition coefficient (Wildman–Crippen LogP) is 17.8. The van der Waals surface area contributed by atoms with Crippen LogP contribution in [0.4, 0.5) is 45.5 Å². The van der Waals surface area contributed by atoms with Crippen LogP contribution in [0.3, 0.4) is 0 Å². The summed E-state index contributed by atoms with van der Waals surface area (Å²) in [6.07, 6.45) is -0.701. The van der Waals surface area contributed by atoms with Crippen LogP contribution in [0.2, 0.25) is 0 Å². The zero-order valence-corrected chi connectivity index (χ0v) is 41.2. The van der Waals surface area contributed by atoms with Gasteiger partial charge >= 0.3 is 0 Å². The van der Waals surface area contributed by atoms with Gasteiger partial charge in [0.15, 0.2) is 12.5 Å². The summed E-state index contributed by atoms with van der Waals surface area (Å²) in [5, 5.41) is 12.1. The van der Waals surface area contributed by atoms with Crippen LogP contribution in [0, 0.1) is 0 Å². The van der Waals surface area contributed by atoms with Gasteiger partial charge in [0.25, 0.3) is 0 Å². The van der Waals surface area contributed by atoms with E-state index in [9.17, 15) is 0 Å². The van der Waals surface area contributed by atoms with E-state index >= 15 is 0 Å². The van der Waals surface area contributed by atoms with Crippen LogP contribution in [0.15, 0.2) is 267 Å². The lowest BCUT2D eigenvalue weighted by Crippen LogP contribution is -2.11. The molecule has 0 saturated carbocycles. The molecule has 0 radical (unpaired) electrons. The lowest BCUT2D eigenvalue weighted by atomic mass is 10.1. The molecular weight excluding hydrogens is 933 g/mol. The standard InChI is InChI=1S/C68H48N6O2/c1-5-17-47(18-6-1)71(48-19-7-2-8-20-48)53-37-39-63-57(41-53)55-25-13-15-27-61(55)73(63)51-33-29-45(30-34-51)67-69-59-43-60-66(44-65(59)75-67)76-68(70-60)46-31-35-52(36-32-46)74-62-28-16-14-26-56(62)58-42-54(38-40-64(58)74)72(49-21-9-3-10-22-49)50-23-11-4-12-24-50/h1-44,67-70H. The number of nitrogens with zero attached hydrogens (tertiary/aromatic N) is 4. The highest BCUT2D eigenvalue weighted by Crippen LogP contribution is 2.49. The molecule has 8 heteroatoms. The van der Waals surface area contributed by atoms with Crippen LogP contribution >= 0.6 is 0 Å². The van der Waals surface area contributed by atoms with E-state index in [0.29, 0.717) is 0 Å². The van der Waals surface area contributed by atoms with Gasteiger partial charge in [-0.05, 0) is 127 Å². The van der Waals surface area contributed by atoms with E-state index in [1.165, 1.54) is 21.5 Å². The summed E-state index contributed by atoms with van der Waals surface area (Å²) in [5.74, 6) is 1.52. The van der Waals surface area contributed by atoms with Crippen molar-refractivity contribution in [2.24, 2.45) is 0 Å². The zero-order chi connectivity index (χ0) is 50.1. The molecule has 0 bridgehead atoms. The van der Waals surface area contributed by atoms with Gasteiger partial charge in [-0.1, -0.05) is 133 Å². The van der Waals surface area contributed by atoms with E-state index < -0.39 is 0 Å². The highest BCUT2D eigenvalue weighted by atomic mass is 16.5. The summed E-state index contributed by atoms with van der Waals surface area (Å²) >= 11 is 0. The van der Waals surface area contributed by atoms with Gasteiger partial charge in [0.1, 0.15) is 11.5 Å². The molecule has 0 aliphatic carbocycles. The molecule has 0 fully saturated rings. The summed E-state index contributed by atoms with van der Waals surface area (Å²) in [4.78, 5) is 4.63. The Morgan fingerprint density at radius 2 is 0.632 bits per heavy atom. The highest BCUT2D eigenvalue weighted by Gasteiger charge is 2.31. The number of anilines is 8. The van der Waals surface area contributed by atoms with Crippen LogP contribution in [0.1, 0.15) is 23.6 Å². The van der Waals surface area contributed by atoms with Gasteiger partial charge in [-0.2, -0.15) is 0 Å². The Bertz CT molecular complexity index is 3900. The molecular formula is C68H48N6O2. The molecule has 2 unspecified atom stereocenters. The van der Waals surface area contributed by atoms with Crippen LogP contribution in [0.25, 0.3) is 55.0 Å². The van der Waals surface area contributed by atoms with Crippen molar-refractivity contribution in [3.8, 4) is 22.9 Å². The summed E-state index contributed by atoms with van der Waals surface area (Å²) in [6.45, 7) is 0. The summed E-state index contributed by atoms with van der Waals surface area (Å²) < 4.78 is 17.9. The molecule has 2 atom stereocenters. The van der Waals surface area contributed by atoms with Crippen LogP contribution in [0.5, 0.6) is 11.5 Å². The molecule has 362 valence electrons. The summed E-state index contributed by atoms with van der Waals surface area (Å²) in [6, 6.07) is 94.6. The monoisotopic (exact) mass is 980 g/mol. The van der Waals surface area contributed by atoms with Gasteiger partial charge in [-0.25, -0.2) is 0 Å². The Morgan fingerprint density at radius 1 is 0.289 bits per heavy atom. The third kappa shape index (κ3) is 7.29. The molecule has 0 spiro atoms. The fourth-order valence-corrected chi connectivity index (χ4v) is 11.4. The fraction of sp³-hybridized carbons (Fsp3) is 0.0294. The number of fused-ring (bicyclic) bond motifs is 8. The van der Waals surface area contributed by atoms with E-state index in [4.69, 9.17) is 9.47 Å². The van der Waals surface area contributed by atoms with Gasteiger partial charge in [-0.3, -0.25) is 0 Å². The predicted molar refractivity (Wildman–Crippen MR) is 311 cm³/mol. The Labute approximate surface area is 439 Å². The molecule has 4 heterocycles. The maximum Gasteiger partial charge on any atom is 0.196 e. The first kappa shape index (κ1) is 43.4. The van der Waals surface area contributed by atoms with Gasteiger partial charge in [-0.15, -0.1) is 0 Å². The van der Waals surface area contributed by atoms with Crippen molar-refractivity contribution in [1.82, 2.24) is 9.13 Å². The molecule has 13 aromatic rings.